The monoisotopic (exact) mass is 480 g/mol. The molecule has 14 heteroatoms. The van der Waals surface area contributed by atoms with Gasteiger partial charge in [0, 0.05) is 6.07 Å². The van der Waals surface area contributed by atoms with E-state index in [1.165, 1.54) is 19.2 Å². The van der Waals surface area contributed by atoms with Crippen molar-refractivity contribution in [2.45, 2.75) is 23.5 Å². The first-order chi connectivity index (χ1) is 13.2. The molecule has 0 fully saturated rings. The maximum absolute atomic E-state index is 13.2. The zero-order chi connectivity index (χ0) is 22.2. The number of halogens is 7. The van der Waals surface area contributed by atoms with Gasteiger partial charge in [0.05, 0.1) is 29.9 Å². The largest absolute Gasteiger partial charge is 0.497 e. The van der Waals surface area contributed by atoms with Crippen molar-refractivity contribution in [3.63, 3.8) is 0 Å². The molecule has 2 rings (SSSR count). The minimum absolute atomic E-state index is 0.136. The zero-order valence-electron chi connectivity index (χ0n) is 14.3. The van der Waals surface area contributed by atoms with Crippen molar-refractivity contribution in [1.82, 2.24) is 9.55 Å². The maximum atomic E-state index is 13.2. The van der Waals surface area contributed by atoms with E-state index < -0.39 is 55.8 Å². The van der Waals surface area contributed by atoms with Crippen molar-refractivity contribution in [3.05, 3.63) is 40.4 Å². The Kier molecular flexibility index (Phi) is 6.50. The SMILES string of the molecule is COc1ccc(Cl)c(S(=O)(=O)CC(=O)c2ncn(CC(F)(F)C(F)(F)F)c2Cl)c1. The predicted octanol–water partition coefficient (Wildman–Crippen LogP) is 4.05. The van der Waals surface area contributed by atoms with Crippen molar-refractivity contribution in [1.29, 1.82) is 0 Å². The standard InChI is InChI=1S/C15H11Cl2F5N2O4S/c1-28-8-2-3-9(16)11(4-8)29(26,27)5-10(25)12-13(17)24(7-23-12)6-14(18,19)15(20,21)22/h2-4,7H,5-6H2,1H3. The second-order valence-electron chi connectivity index (χ2n) is 5.69. The van der Waals surface area contributed by atoms with E-state index in [2.05, 4.69) is 4.98 Å². The average molecular weight is 481 g/mol. The lowest BCUT2D eigenvalue weighted by atomic mass is 10.3. The van der Waals surface area contributed by atoms with Gasteiger partial charge in [0.1, 0.15) is 22.3 Å². The van der Waals surface area contributed by atoms with Crippen molar-refractivity contribution < 1.29 is 39.9 Å². The number of nitrogens with zero attached hydrogens (tertiary/aromatic N) is 2. The van der Waals surface area contributed by atoms with Gasteiger partial charge in [-0.3, -0.25) is 4.79 Å². The Morgan fingerprint density at radius 2 is 1.83 bits per heavy atom. The number of imidazole rings is 1. The molecule has 2 aromatic rings. The Bertz CT molecular complexity index is 1040. The number of benzene rings is 1. The van der Waals surface area contributed by atoms with Crippen LogP contribution in [0.4, 0.5) is 22.0 Å². The number of sulfone groups is 1. The molecule has 0 spiro atoms. The number of hydrogen-bond acceptors (Lipinski definition) is 5. The van der Waals surface area contributed by atoms with Crippen molar-refractivity contribution in [2.24, 2.45) is 0 Å². The third-order valence-electron chi connectivity index (χ3n) is 3.62. The number of ketones is 1. The Hall–Kier alpha value is -1.92. The first kappa shape index (κ1) is 23.4. The number of ether oxygens (including phenoxy) is 1. The molecule has 0 amide bonds. The molecular formula is C15H11Cl2F5N2O4S. The predicted molar refractivity (Wildman–Crippen MR) is 92.6 cm³/mol. The first-order valence-corrected chi connectivity index (χ1v) is 9.85. The second kappa shape index (κ2) is 8.07. The molecule has 0 saturated carbocycles. The van der Waals surface area contributed by atoms with Gasteiger partial charge >= 0.3 is 12.1 Å². The Balaban J connectivity index is 2.29. The Morgan fingerprint density at radius 1 is 1.21 bits per heavy atom. The van der Waals surface area contributed by atoms with E-state index in [9.17, 15) is 35.2 Å². The molecule has 0 aliphatic rings. The number of methoxy groups -OCH3 is 1. The fraction of sp³-hybridized carbons (Fsp3) is 0.333. The topological polar surface area (TPSA) is 78.3 Å². The summed E-state index contributed by atoms with van der Waals surface area (Å²) < 4.78 is 93.4. The lowest BCUT2D eigenvalue weighted by molar-refractivity contribution is -0.286. The Morgan fingerprint density at radius 3 is 2.38 bits per heavy atom. The quantitative estimate of drug-likeness (QED) is 0.441. The molecule has 1 heterocycles. The highest BCUT2D eigenvalue weighted by Crippen LogP contribution is 2.37. The molecule has 29 heavy (non-hydrogen) atoms. The van der Waals surface area contributed by atoms with Crippen LogP contribution in [-0.4, -0.2) is 48.7 Å². The van der Waals surface area contributed by atoms with Gasteiger partial charge in [0.25, 0.3) is 0 Å². The molecule has 0 N–H and O–H groups in total. The van der Waals surface area contributed by atoms with Crippen LogP contribution in [0.2, 0.25) is 10.2 Å². The smallest absolute Gasteiger partial charge is 0.455 e. The summed E-state index contributed by atoms with van der Waals surface area (Å²) in [6.45, 7) is -1.93. The molecule has 0 atom stereocenters. The zero-order valence-corrected chi connectivity index (χ0v) is 16.6. The fourth-order valence-corrected chi connectivity index (χ4v) is 4.16. The Labute approximate surface area is 171 Å². The highest BCUT2D eigenvalue weighted by Gasteiger charge is 2.57. The van der Waals surface area contributed by atoms with Gasteiger partial charge in [-0.2, -0.15) is 22.0 Å². The molecule has 0 aliphatic heterocycles. The summed E-state index contributed by atoms with van der Waals surface area (Å²) in [5.74, 6) is -7.43. The molecule has 6 nitrogen and oxygen atoms in total. The highest BCUT2D eigenvalue weighted by molar-refractivity contribution is 7.92. The van der Waals surface area contributed by atoms with Crippen LogP contribution in [0.3, 0.4) is 0 Å². The lowest BCUT2D eigenvalue weighted by Crippen LogP contribution is -2.40. The number of Topliss-reactive ketones (excluding diaryl/α,β-unsaturated/α-hetero) is 1. The van der Waals surface area contributed by atoms with Crippen molar-refractivity contribution in [2.75, 3.05) is 12.9 Å². The second-order valence-corrected chi connectivity index (χ2v) is 8.42. The number of rotatable bonds is 7. The first-order valence-electron chi connectivity index (χ1n) is 7.44. The van der Waals surface area contributed by atoms with Crippen LogP contribution in [0.15, 0.2) is 29.4 Å². The summed E-state index contributed by atoms with van der Waals surface area (Å²) in [6.07, 6.45) is -5.36. The lowest BCUT2D eigenvalue weighted by Gasteiger charge is -2.20. The van der Waals surface area contributed by atoms with E-state index in [1.54, 1.807) is 0 Å². The van der Waals surface area contributed by atoms with Gasteiger partial charge < -0.3 is 9.30 Å². The maximum Gasteiger partial charge on any atom is 0.455 e. The fourth-order valence-electron chi connectivity index (χ4n) is 2.14. The molecular weight excluding hydrogens is 470 g/mol. The van der Waals surface area contributed by atoms with E-state index >= 15 is 0 Å². The normalized spacial score (nSPS) is 12.8. The minimum atomic E-state index is -5.85. The van der Waals surface area contributed by atoms with Gasteiger partial charge in [0.15, 0.2) is 15.6 Å². The number of carbonyl (C=O) groups is 1. The van der Waals surface area contributed by atoms with Gasteiger partial charge in [-0.1, -0.05) is 23.2 Å². The summed E-state index contributed by atoms with van der Waals surface area (Å²) in [7, 11) is -3.06. The number of aromatic nitrogens is 2. The molecule has 160 valence electrons. The summed E-state index contributed by atoms with van der Waals surface area (Å²) >= 11 is 11.5. The van der Waals surface area contributed by atoms with Crippen LogP contribution in [0, 0.1) is 0 Å². The van der Waals surface area contributed by atoms with Gasteiger partial charge in [-0.15, -0.1) is 0 Å². The van der Waals surface area contributed by atoms with E-state index in [0.29, 0.717) is 6.33 Å². The van der Waals surface area contributed by atoms with Gasteiger partial charge in [-0.05, 0) is 12.1 Å². The molecule has 1 aromatic heterocycles. The van der Waals surface area contributed by atoms with Crippen LogP contribution in [0.1, 0.15) is 10.5 Å². The molecule has 0 saturated heterocycles. The van der Waals surface area contributed by atoms with E-state index in [0.717, 1.165) is 6.07 Å². The van der Waals surface area contributed by atoms with Crippen LogP contribution in [0.5, 0.6) is 5.75 Å². The van der Waals surface area contributed by atoms with E-state index in [4.69, 9.17) is 27.9 Å². The van der Waals surface area contributed by atoms with Crippen LogP contribution >= 0.6 is 23.2 Å². The summed E-state index contributed by atoms with van der Waals surface area (Å²) in [5, 5.41) is -1.06. The van der Waals surface area contributed by atoms with Gasteiger partial charge in [0.2, 0.25) is 0 Å². The van der Waals surface area contributed by atoms with E-state index in [1.807, 2.05) is 0 Å². The summed E-state index contributed by atoms with van der Waals surface area (Å²) in [4.78, 5) is 15.2. The third-order valence-corrected chi connectivity index (χ3v) is 6.10. The molecule has 0 aliphatic carbocycles. The van der Waals surface area contributed by atoms with Crippen LogP contribution < -0.4 is 4.74 Å². The van der Waals surface area contributed by atoms with Crippen LogP contribution in [0.25, 0.3) is 0 Å². The summed E-state index contributed by atoms with van der Waals surface area (Å²) in [5.41, 5.74) is -0.771. The molecule has 1 aromatic carbocycles. The average Bonchev–Trinajstić information content (AvgIpc) is 2.94. The molecule has 0 radical (unpaired) electrons. The van der Waals surface area contributed by atoms with Crippen molar-refractivity contribution in [3.8, 4) is 5.75 Å². The number of carbonyl (C=O) groups excluding carboxylic acids is 1. The van der Waals surface area contributed by atoms with Crippen molar-refractivity contribution >= 4 is 38.8 Å². The van der Waals surface area contributed by atoms with Crippen LogP contribution in [-0.2, 0) is 16.4 Å². The van der Waals surface area contributed by atoms with Gasteiger partial charge in [-0.25, -0.2) is 13.4 Å². The third kappa shape index (κ3) is 4.98. The van der Waals surface area contributed by atoms with E-state index in [-0.39, 0.29) is 15.3 Å². The molecule has 0 bridgehead atoms. The number of hydrogen-bond donors (Lipinski definition) is 0. The highest BCUT2D eigenvalue weighted by atomic mass is 35.5. The number of alkyl halides is 5. The summed E-state index contributed by atoms with van der Waals surface area (Å²) in [6, 6.07) is 3.66. The molecule has 0 unspecified atom stereocenters. The minimum Gasteiger partial charge on any atom is -0.497 e.